The second kappa shape index (κ2) is 8.90. The van der Waals surface area contributed by atoms with Gasteiger partial charge in [0.1, 0.15) is 0 Å². The van der Waals surface area contributed by atoms with Crippen molar-refractivity contribution in [2.75, 3.05) is 24.4 Å². The number of carbonyl (C=O) groups excluding carboxylic acids is 2. The molecule has 0 aliphatic carbocycles. The highest BCUT2D eigenvalue weighted by atomic mass is 32.2. The fourth-order valence-corrected chi connectivity index (χ4v) is 5.39. The molecule has 0 unspecified atom stereocenters. The summed E-state index contributed by atoms with van der Waals surface area (Å²) in [4.78, 5) is 27.4. The van der Waals surface area contributed by atoms with Gasteiger partial charge in [-0.2, -0.15) is 0 Å². The number of amides is 1. The number of nitrogens with zero attached hydrogens (tertiary/aromatic N) is 1. The monoisotopic (exact) mass is 399 g/mol. The Labute approximate surface area is 159 Å². The maximum atomic E-state index is 12.7. The zero-order valence-electron chi connectivity index (χ0n) is 15.3. The minimum atomic E-state index is -3.10. The maximum absolute atomic E-state index is 12.7. The summed E-state index contributed by atoms with van der Waals surface area (Å²) in [6, 6.07) is 6.59. The molecule has 1 aromatic carbocycles. The Kier molecular flexibility index (Phi) is 7.11. The molecular weight excluding hydrogens is 374 g/mol. The molecule has 1 fully saturated rings. The van der Waals surface area contributed by atoms with Crippen molar-refractivity contribution in [2.24, 2.45) is 0 Å². The summed E-state index contributed by atoms with van der Waals surface area (Å²) in [6.07, 6.45) is 3.00. The van der Waals surface area contributed by atoms with E-state index in [4.69, 9.17) is 4.74 Å². The third-order valence-electron chi connectivity index (χ3n) is 4.61. The number of esters is 1. The molecule has 144 valence electrons. The topological polar surface area (TPSA) is 80.8 Å². The number of hydrogen-bond acceptors (Lipinski definition) is 6. The van der Waals surface area contributed by atoms with Crippen LogP contribution in [0.5, 0.6) is 0 Å². The van der Waals surface area contributed by atoms with E-state index in [9.17, 15) is 18.0 Å². The molecule has 1 heterocycles. The molecule has 0 aromatic heterocycles. The minimum Gasteiger partial charge on any atom is -0.452 e. The number of sulfone groups is 1. The van der Waals surface area contributed by atoms with Gasteiger partial charge in [-0.1, -0.05) is 19.1 Å². The zero-order chi connectivity index (χ0) is 19.3. The quantitative estimate of drug-likeness (QED) is 0.517. The fourth-order valence-electron chi connectivity index (χ4n) is 3.09. The van der Waals surface area contributed by atoms with Gasteiger partial charge in [0.25, 0.3) is 5.91 Å². The maximum Gasteiger partial charge on any atom is 0.339 e. The van der Waals surface area contributed by atoms with Gasteiger partial charge in [0.2, 0.25) is 0 Å². The molecule has 1 aliphatic rings. The summed E-state index contributed by atoms with van der Waals surface area (Å²) >= 11 is 1.43. The smallest absolute Gasteiger partial charge is 0.339 e. The molecule has 2 rings (SSSR count). The Hall–Kier alpha value is -1.54. The summed E-state index contributed by atoms with van der Waals surface area (Å²) < 4.78 is 28.8. The lowest BCUT2D eigenvalue weighted by molar-refractivity contribution is -0.138. The van der Waals surface area contributed by atoms with E-state index in [0.717, 1.165) is 4.90 Å². The summed E-state index contributed by atoms with van der Waals surface area (Å²) in [5.41, 5.74) is 0.423. The Balaban J connectivity index is 2.06. The van der Waals surface area contributed by atoms with Crippen molar-refractivity contribution in [2.45, 2.75) is 43.7 Å². The van der Waals surface area contributed by atoms with Gasteiger partial charge in [-0.25, -0.2) is 13.2 Å². The van der Waals surface area contributed by atoms with E-state index in [1.165, 1.54) is 11.8 Å². The summed E-state index contributed by atoms with van der Waals surface area (Å²) in [5, 5.41) is 0. The summed E-state index contributed by atoms with van der Waals surface area (Å²) in [7, 11) is -3.10. The third kappa shape index (κ3) is 5.01. The van der Waals surface area contributed by atoms with Crippen LogP contribution in [-0.4, -0.2) is 61.6 Å². The SMILES string of the molecule is CC[C@@H](C)N(C(=O)COC(=O)c1ccccc1SC)[C@H]1CCS(=O)(=O)C1. The second-order valence-corrected chi connectivity index (χ2v) is 9.47. The van der Waals surface area contributed by atoms with Gasteiger partial charge >= 0.3 is 5.97 Å². The van der Waals surface area contributed by atoms with Crippen molar-refractivity contribution in [3.63, 3.8) is 0 Å². The minimum absolute atomic E-state index is 0.0215. The molecule has 0 saturated carbocycles. The van der Waals surface area contributed by atoms with E-state index in [1.54, 1.807) is 17.0 Å². The summed E-state index contributed by atoms with van der Waals surface area (Å²) in [5.74, 6) is -0.826. The molecule has 0 spiro atoms. The van der Waals surface area contributed by atoms with Crippen LogP contribution in [0.4, 0.5) is 0 Å². The van der Waals surface area contributed by atoms with E-state index < -0.39 is 15.8 Å². The number of rotatable bonds is 7. The van der Waals surface area contributed by atoms with Crippen LogP contribution in [0.15, 0.2) is 29.2 Å². The van der Waals surface area contributed by atoms with Crippen molar-refractivity contribution in [3.8, 4) is 0 Å². The molecule has 26 heavy (non-hydrogen) atoms. The molecule has 6 nitrogen and oxygen atoms in total. The number of hydrogen-bond donors (Lipinski definition) is 0. The first kappa shape index (κ1) is 20.8. The van der Waals surface area contributed by atoms with E-state index >= 15 is 0 Å². The fraction of sp³-hybridized carbons (Fsp3) is 0.556. The Morgan fingerprint density at radius 1 is 1.35 bits per heavy atom. The van der Waals surface area contributed by atoms with Crippen molar-refractivity contribution in [1.82, 2.24) is 4.90 Å². The van der Waals surface area contributed by atoms with E-state index in [0.29, 0.717) is 18.4 Å². The van der Waals surface area contributed by atoms with Gasteiger partial charge in [0.15, 0.2) is 16.4 Å². The Morgan fingerprint density at radius 2 is 2.04 bits per heavy atom. The van der Waals surface area contributed by atoms with Gasteiger partial charge in [-0.05, 0) is 38.2 Å². The van der Waals surface area contributed by atoms with Gasteiger partial charge in [0.05, 0.1) is 17.1 Å². The lowest BCUT2D eigenvalue weighted by atomic mass is 10.1. The van der Waals surface area contributed by atoms with Gasteiger partial charge in [-0.15, -0.1) is 11.8 Å². The van der Waals surface area contributed by atoms with Crippen molar-refractivity contribution in [1.29, 1.82) is 0 Å². The van der Waals surface area contributed by atoms with Crippen molar-refractivity contribution < 1.29 is 22.7 Å². The lowest BCUT2D eigenvalue weighted by Gasteiger charge is -2.33. The number of carbonyl (C=O) groups is 2. The van der Waals surface area contributed by atoms with Crippen LogP contribution in [-0.2, 0) is 19.4 Å². The number of ether oxygens (including phenoxy) is 1. The van der Waals surface area contributed by atoms with Gasteiger partial charge in [0, 0.05) is 17.0 Å². The average Bonchev–Trinajstić information content (AvgIpc) is 2.98. The Bertz CT molecular complexity index is 763. The highest BCUT2D eigenvalue weighted by Crippen LogP contribution is 2.23. The zero-order valence-corrected chi connectivity index (χ0v) is 16.9. The van der Waals surface area contributed by atoms with E-state index in [2.05, 4.69) is 0 Å². The molecular formula is C18H25NO5S2. The Morgan fingerprint density at radius 3 is 2.62 bits per heavy atom. The van der Waals surface area contributed by atoms with Crippen LogP contribution in [0.25, 0.3) is 0 Å². The first-order valence-corrected chi connectivity index (χ1v) is 11.7. The highest BCUT2D eigenvalue weighted by Gasteiger charge is 2.36. The second-order valence-electron chi connectivity index (χ2n) is 6.39. The van der Waals surface area contributed by atoms with E-state index in [-0.39, 0.29) is 36.1 Å². The molecule has 1 amide bonds. The highest BCUT2D eigenvalue weighted by molar-refractivity contribution is 7.98. The van der Waals surface area contributed by atoms with Crippen LogP contribution < -0.4 is 0 Å². The summed E-state index contributed by atoms with van der Waals surface area (Å²) in [6.45, 7) is 3.44. The molecule has 0 radical (unpaired) electrons. The first-order valence-electron chi connectivity index (χ1n) is 8.60. The van der Waals surface area contributed by atoms with Crippen LogP contribution in [0.1, 0.15) is 37.0 Å². The normalized spacial score (nSPS) is 19.7. The largest absolute Gasteiger partial charge is 0.452 e. The van der Waals surface area contributed by atoms with Gasteiger partial charge in [-0.3, -0.25) is 4.79 Å². The predicted octanol–water partition coefficient (Wildman–Crippen LogP) is 2.38. The molecule has 0 N–H and O–H groups in total. The van der Waals surface area contributed by atoms with Crippen LogP contribution in [0, 0.1) is 0 Å². The van der Waals surface area contributed by atoms with Crippen LogP contribution in [0.3, 0.4) is 0 Å². The molecule has 1 saturated heterocycles. The molecule has 1 aliphatic heterocycles. The first-order chi connectivity index (χ1) is 12.3. The third-order valence-corrected chi connectivity index (χ3v) is 7.16. The molecule has 2 atom stereocenters. The van der Waals surface area contributed by atoms with Crippen LogP contribution in [0.2, 0.25) is 0 Å². The number of thioether (sulfide) groups is 1. The molecule has 8 heteroatoms. The van der Waals surface area contributed by atoms with Crippen molar-refractivity contribution in [3.05, 3.63) is 29.8 Å². The van der Waals surface area contributed by atoms with Gasteiger partial charge < -0.3 is 9.64 Å². The average molecular weight is 400 g/mol. The lowest BCUT2D eigenvalue weighted by Crippen LogP contribution is -2.48. The standard InChI is InChI=1S/C18H25NO5S2/c1-4-13(2)19(14-9-10-26(22,23)12-14)17(20)11-24-18(21)15-7-5-6-8-16(15)25-3/h5-8,13-14H,4,9-12H2,1-3H3/t13-,14+/m1/s1. The molecule has 0 bridgehead atoms. The van der Waals surface area contributed by atoms with Crippen molar-refractivity contribution >= 4 is 33.5 Å². The number of benzene rings is 1. The van der Waals surface area contributed by atoms with E-state index in [1.807, 2.05) is 32.2 Å². The van der Waals surface area contributed by atoms with Crippen LogP contribution >= 0.6 is 11.8 Å². The molecule has 1 aromatic rings. The predicted molar refractivity (Wildman–Crippen MR) is 102 cm³/mol.